The van der Waals surface area contributed by atoms with Crippen LogP contribution in [0.25, 0.3) is 21.5 Å². The van der Waals surface area contributed by atoms with Gasteiger partial charge in [-0.2, -0.15) is 57.0 Å². The number of hydrogen-bond donors (Lipinski definition) is 9. The molecule has 6 aromatic rings. The number of anilines is 4. The van der Waals surface area contributed by atoms with E-state index in [4.69, 9.17) is 16.2 Å². The third-order valence-corrected chi connectivity index (χ3v) is 14.4. The number of benzene rings is 5. The first-order valence-electron chi connectivity index (χ1n) is 16.7. The predicted octanol–water partition coefficient (Wildman–Crippen LogP) is 3.73. The van der Waals surface area contributed by atoms with Crippen LogP contribution >= 0.6 is 11.6 Å². The Kier molecular flexibility index (Phi) is 12.9. The quantitative estimate of drug-likeness (QED) is 0.0402. The predicted molar refractivity (Wildman–Crippen MR) is 222 cm³/mol. The topological polar surface area (TPSA) is 443 Å². The van der Waals surface area contributed by atoms with Gasteiger partial charge in [-0.3, -0.25) is 22.8 Å². The molecule has 5 aromatic carbocycles. The van der Waals surface area contributed by atoms with Crippen LogP contribution in [-0.4, -0.2) is 111 Å². The minimum atomic E-state index is -5.54. The van der Waals surface area contributed by atoms with Crippen molar-refractivity contribution in [3.63, 3.8) is 0 Å². The molecule has 6 rings (SSSR count). The molecule has 65 heavy (non-hydrogen) atoms. The Morgan fingerprint density at radius 3 is 1.77 bits per heavy atom. The summed E-state index contributed by atoms with van der Waals surface area (Å²) in [5, 5.41) is 31.9. The Bertz CT molecular complexity index is 3730. The van der Waals surface area contributed by atoms with Crippen LogP contribution < -0.4 is 10.6 Å². The number of hydrogen-bond acceptors (Lipinski definition) is 22. The molecule has 0 bridgehead atoms. The van der Waals surface area contributed by atoms with Crippen LogP contribution in [0.4, 0.5) is 34.6 Å². The summed E-state index contributed by atoms with van der Waals surface area (Å²) in [6.45, 7) is -1.18. The highest BCUT2D eigenvalue weighted by atomic mass is 35.5. The van der Waals surface area contributed by atoms with Gasteiger partial charge in [-0.1, -0.05) is 30.3 Å². The minimum Gasteiger partial charge on any atom is -0.505 e. The van der Waals surface area contributed by atoms with E-state index in [2.05, 4.69) is 40.0 Å². The van der Waals surface area contributed by atoms with Crippen LogP contribution in [0.15, 0.2) is 101 Å². The molecule has 0 fully saturated rings. The second-order valence-electron chi connectivity index (χ2n) is 12.7. The SMILES string of the molecule is O=S(=O)(O)OCCS(=O)(=O)c1cc(Nc2nc(Cl)nc(Nc3ccc4c(O)c(N=Nc5ccc6ccccc6c5S(=O)(=O)O)c(S(=O)(=O)O)cc4c3S(=O)(=O)O)n2)c(O)c(S(=O)(=O)O)c1. The molecule has 1 heterocycles. The van der Waals surface area contributed by atoms with Crippen LogP contribution in [0.3, 0.4) is 0 Å². The molecule has 0 aliphatic heterocycles. The monoisotopic (exact) mass is 1040 g/mol. The number of aromatic hydroxyl groups is 2. The van der Waals surface area contributed by atoms with Gasteiger partial charge >= 0.3 is 10.4 Å². The summed E-state index contributed by atoms with van der Waals surface area (Å²) in [5.41, 5.74) is -3.28. The highest BCUT2D eigenvalue weighted by Crippen LogP contribution is 2.46. The number of sulfone groups is 1. The number of nitrogens with one attached hydrogen (secondary N) is 2. The molecule has 9 N–H and O–H groups in total. The summed E-state index contributed by atoms with van der Waals surface area (Å²) in [5.74, 6) is -5.34. The molecule has 1 aromatic heterocycles. The number of nitrogens with zero attached hydrogens (tertiary/aromatic N) is 5. The largest absolute Gasteiger partial charge is 0.505 e. The Morgan fingerprint density at radius 1 is 0.585 bits per heavy atom. The Balaban J connectivity index is 1.45. The molecule has 0 saturated heterocycles. The highest BCUT2D eigenvalue weighted by Gasteiger charge is 2.30. The number of azo groups is 1. The van der Waals surface area contributed by atoms with Crippen LogP contribution in [0, 0.1) is 0 Å². The maximum Gasteiger partial charge on any atom is 0.397 e. The summed E-state index contributed by atoms with van der Waals surface area (Å²) in [6.07, 6.45) is 0. The third kappa shape index (κ3) is 10.8. The number of aromatic nitrogens is 3. The summed E-state index contributed by atoms with van der Waals surface area (Å²) in [7, 11) is -31.4. The van der Waals surface area contributed by atoms with E-state index in [1.165, 1.54) is 24.3 Å². The Labute approximate surface area is 370 Å². The van der Waals surface area contributed by atoms with Crippen molar-refractivity contribution >= 4 is 129 Å². The van der Waals surface area contributed by atoms with Gasteiger partial charge in [-0.05, 0) is 53.4 Å². The number of rotatable bonds is 15. The summed E-state index contributed by atoms with van der Waals surface area (Å²) in [6, 6.07) is 11.2. The zero-order valence-electron chi connectivity index (χ0n) is 31.3. The molecule has 0 amide bonds. The van der Waals surface area contributed by atoms with Gasteiger partial charge in [0.1, 0.15) is 31.0 Å². The van der Waals surface area contributed by atoms with Crippen molar-refractivity contribution in [2.24, 2.45) is 10.2 Å². The second-order valence-corrected chi connectivity index (χ2v) is 21.8. The average Bonchev–Trinajstić information content (AvgIpc) is 3.15. The number of halogens is 1. The van der Waals surface area contributed by atoms with Crippen LogP contribution in [0.2, 0.25) is 5.28 Å². The number of phenols is 2. The fraction of sp³-hybridized carbons (Fsp3) is 0.0645. The van der Waals surface area contributed by atoms with E-state index >= 15 is 0 Å². The molecular formula is C31H24ClN7O20S6. The Morgan fingerprint density at radius 2 is 1.18 bits per heavy atom. The van der Waals surface area contributed by atoms with Gasteiger partial charge in [0, 0.05) is 16.2 Å². The van der Waals surface area contributed by atoms with Crippen molar-refractivity contribution in [2.75, 3.05) is 23.0 Å². The van der Waals surface area contributed by atoms with Crippen molar-refractivity contribution in [1.29, 1.82) is 0 Å². The third-order valence-electron chi connectivity index (χ3n) is 8.47. The molecule has 27 nitrogen and oxygen atoms in total. The lowest BCUT2D eigenvalue weighted by Crippen LogP contribution is -2.16. The summed E-state index contributed by atoms with van der Waals surface area (Å²) >= 11 is 6.01. The first-order chi connectivity index (χ1) is 29.8. The smallest absolute Gasteiger partial charge is 0.397 e. The van der Waals surface area contributed by atoms with Gasteiger partial charge < -0.3 is 20.8 Å². The van der Waals surface area contributed by atoms with E-state index in [0.717, 1.165) is 18.2 Å². The van der Waals surface area contributed by atoms with Crippen molar-refractivity contribution in [3.8, 4) is 11.5 Å². The van der Waals surface area contributed by atoms with Gasteiger partial charge in [0.05, 0.1) is 28.6 Å². The van der Waals surface area contributed by atoms with E-state index in [0.29, 0.717) is 17.5 Å². The van der Waals surface area contributed by atoms with E-state index in [1.54, 1.807) is 6.07 Å². The highest BCUT2D eigenvalue weighted by molar-refractivity contribution is 7.91. The van der Waals surface area contributed by atoms with Gasteiger partial charge in [-0.25, -0.2) is 12.6 Å². The molecule has 0 saturated carbocycles. The molecule has 0 unspecified atom stereocenters. The van der Waals surface area contributed by atoms with Crippen molar-refractivity contribution < 1.29 is 87.7 Å². The van der Waals surface area contributed by atoms with Gasteiger partial charge in [-0.15, -0.1) is 10.2 Å². The van der Waals surface area contributed by atoms with E-state index < -0.39 is 160 Å². The molecule has 0 atom stereocenters. The molecule has 34 heteroatoms. The molecule has 0 radical (unpaired) electrons. The second kappa shape index (κ2) is 17.2. The van der Waals surface area contributed by atoms with Crippen LogP contribution in [-0.2, 0) is 64.9 Å². The van der Waals surface area contributed by atoms with E-state index in [9.17, 15) is 78.9 Å². The van der Waals surface area contributed by atoms with Gasteiger partial charge in [0.15, 0.2) is 21.3 Å². The molecule has 346 valence electrons. The van der Waals surface area contributed by atoms with Crippen LogP contribution in [0.5, 0.6) is 11.5 Å². The minimum absolute atomic E-state index is 0.0432. The van der Waals surface area contributed by atoms with E-state index in [1.807, 2.05) is 0 Å². The molecule has 0 spiro atoms. The van der Waals surface area contributed by atoms with E-state index in [-0.39, 0.29) is 11.5 Å². The zero-order valence-corrected chi connectivity index (χ0v) is 36.9. The van der Waals surface area contributed by atoms with Crippen molar-refractivity contribution in [3.05, 3.63) is 72.0 Å². The summed E-state index contributed by atoms with van der Waals surface area (Å²) in [4.78, 5) is 5.45. The lowest BCUT2D eigenvalue weighted by Gasteiger charge is -2.16. The van der Waals surface area contributed by atoms with Gasteiger partial charge in [0.25, 0.3) is 40.5 Å². The number of fused-ring (bicyclic) bond motifs is 2. The average molecular weight is 1040 g/mol. The lowest BCUT2D eigenvalue weighted by molar-refractivity contribution is 0.284. The molecule has 0 aliphatic rings. The molecular weight excluding hydrogens is 1020 g/mol. The lowest BCUT2D eigenvalue weighted by atomic mass is 10.1. The standard InChI is InChI=1S/C31H24ClN7O20S6/c32-29-35-30(37-31(36-29)34-21-11-15(12-23(26(21)41)62(47,48)49)60(42,43)10-9-59-65(56,57)58)33-19-8-6-17-18(28(19)64(53,54)55)13-22(61(44,45)46)24(25(17)40)39-38-20-7-5-14-3-1-2-4-16(14)27(20)63(50,51)52/h1-8,11-13,40-41H,9-10H2,(H,44,45,46)(H,47,48,49)(H,50,51,52)(H,53,54,55)(H,56,57,58)(H2,33,34,35,36,37). The van der Waals surface area contributed by atoms with Gasteiger partial charge in [0.2, 0.25) is 17.2 Å². The summed E-state index contributed by atoms with van der Waals surface area (Å²) < 4.78 is 201. The fourth-order valence-corrected chi connectivity index (χ4v) is 10.6. The number of phenolic OH excluding ortho intramolecular Hbond substituents is 2. The normalized spacial score (nSPS) is 13.1. The van der Waals surface area contributed by atoms with Crippen molar-refractivity contribution in [2.45, 2.75) is 24.5 Å². The first-order valence-corrected chi connectivity index (χ1v) is 25.8. The maximum atomic E-state index is 12.9. The van der Waals surface area contributed by atoms with Crippen molar-refractivity contribution in [1.82, 2.24) is 15.0 Å². The maximum absolute atomic E-state index is 12.9. The fourth-order valence-electron chi connectivity index (χ4n) is 5.87. The Hall–Kier alpha value is -5.82. The zero-order chi connectivity index (χ0) is 48.2. The molecule has 0 aliphatic carbocycles. The first kappa shape index (κ1) is 48.6. The van der Waals surface area contributed by atoms with Crippen LogP contribution in [0.1, 0.15) is 0 Å².